The normalized spacial score (nSPS) is 29.7. The summed E-state index contributed by atoms with van der Waals surface area (Å²) in [6, 6.07) is 1.90. The van der Waals surface area contributed by atoms with Crippen LogP contribution in [0.25, 0.3) is 0 Å². The van der Waals surface area contributed by atoms with E-state index in [0.717, 1.165) is 13.0 Å². The van der Waals surface area contributed by atoms with Crippen LogP contribution in [-0.2, 0) is 0 Å². The molecule has 0 saturated carbocycles. The lowest BCUT2D eigenvalue weighted by atomic mass is 9.96. The minimum absolute atomic E-state index is 0.535. The number of hydrogen-bond acceptors (Lipinski definition) is 2. The van der Waals surface area contributed by atoms with E-state index in [-0.39, 0.29) is 0 Å². The average Bonchev–Trinajstić information content (AvgIpc) is 2.18. The zero-order chi connectivity index (χ0) is 11.3. The van der Waals surface area contributed by atoms with Crippen molar-refractivity contribution in [3.05, 3.63) is 0 Å². The maximum Gasteiger partial charge on any atom is 0.0240 e. The summed E-state index contributed by atoms with van der Waals surface area (Å²) in [5, 5.41) is 3.54. The molecule has 1 rings (SSSR count). The Kier molecular flexibility index (Phi) is 5.14. The van der Waals surface area contributed by atoms with Gasteiger partial charge in [0.1, 0.15) is 0 Å². The molecule has 2 nitrogen and oxygen atoms in total. The summed E-state index contributed by atoms with van der Waals surface area (Å²) in [4.78, 5) is 2.55. The van der Waals surface area contributed by atoms with Gasteiger partial charge in [-0.2, -0.15) is 0 Å². The predicted octanol–water partition coefficient (Wildman–Crippen LogP) is 1.86. The predicted molar refractivity (Wildman–Crippen MR) is 65.8 cm³/mol. The number of likely N-dealkylation sites (tertiary alicyclic amines) is 1. The molecule has 1 heterocycles. The highest BCUT2D eigenvalue weighted by Crippen LogP contribution is 2.20. The molecule has 1 N–H and O–H groups in total. The maximum atomic E-state index is 5.37. The maximum absolute atomic E-state index is 5.37. The number of nitrogens with zero attached hydrogens (tertiary/aromatic N) is 1. The van der Waals surface area contributed by atoms with Crippen LogP contribution in [0.2, 0.25) is 0 Å². The van der Waals surface area contributed by atoms with Crippen LogP contribution in [0.4, 0.5) is 0 Å². The number of piperidine rings is 1. The first-order chi connectivity index (χ1) is 7.19. The van der Waals surface area contributed by atoms with Crippen molar-refractivity contribution in [2.75, 3.05) is 13.1 Å². The molecule has 1 saturated heterocycles. The van der Waals surface area contributed by atoms with E-state index in [2.05, 4.69) is 36.9 Å². The summed E-state index contributed by atoms with van der Waals surface area (Å²) < 4.78 is 0. The fraction of sp³-hybridized carbons (Fsp3) is 0.846. The van der Waals surface area contributed by atoms with Crippen molar-refractivity contribution in [2.24, 2.45) is 0 Å². The fourth-order valence-electron chi connectivity index (χ4n) is 2.61. The van der Waals surface area contributed by atoms with E-state index < -0.39 is 0 Å². The minimum Gasteiger partial charge on any atom is -0.314 e. The Bertz CT molecular complexity index is 219. The third-order valence-electron chi connectivity index (χ3n) is 3.40. The van der Waals surface area contributed by atoms with Crippen molar-refractivity contribution in [2.45, 2.75) is 58.2 Å². The van der Waals surface area contributed by atoms with Gasteiger partial charge >= 0.3 is 0 Å². The van der Waals surface area contributed by atoms with Gasteiger partial charge in [-0.05, 0) is 33.2 Å². The summed E-state index contributed by atoms with van der Waals surface area (Å²) in [6.07, 6.45) is 8.75. The Labute approximate surface area is 94.4 Å². The lowest BCUT2D eigenvalue weighted by Gasteiger charge is -2.41. The van der Waals surface area contributed by atoms with E-state index >= 15 is 0 Å². The monoisotopic (exact) mass is 208 g/mol. The van der Waals surface area contributed by atoms with Gasteiger partial charge in [-0.3, -0.25) is 4.90 Å². The van der Waals surface area contributed by atoms with Gasteiger partial charge in [0.25, 0.3) is 0 Å². The van der Waals surface area contributed by atoms with Gasteiger partial charge in [-0.15, -0.1) is 12.3 Å². The van der Waals surface area contributed by atoms with Gasteiger partial charge in [0.2, 0.25) is 0 Å². The largest absolute Gasteiger partial charge is 0.314 e. The lowest BCUT2D eigenvalue weighted by molar-refractivity contribution is 0.0981. The van der Waals surface area contributed by atoms with Crippen LogP contribution in [-0.4, -0.2) is 36.1 Å². The van der Waals surface area contributed by atoms with Crippen molar-refractivity contribution < 1.29 is 0 Å². The van der Waals surface area contributed by atoms with E-state index in [1.807, 2.05) is 0 Å². The van der Waals surface area contributed by atoms with Crippen LogP contribution in [0.15, 0.2) is 0 Å². The van der Waals surface area contributed by atoms with Crippen LogP contribution >= 0.6 is 0 Å². The van der Waals surface area contributed by atoms with Crippen molar-refractivity contribution in [1.29, 1.82) is 0 Å². The Morgan fingerprint density at radius 2 is 2.33 bits per heavy atom. The summed E-state index contributed by atoms with van der Waals surface area (Å²) >= 11 is 0. The van der Waals surface area contributed by atoms with Crippen LogP contribution in [0.5, 0.6) is 0 Å². The standard InChI is InChI=1S/C13H24N2/c1-5-7-11(3)15-9-8-13(14-6-2)10-12(15)4/h1,11-14H,6-10H2,2-4H3. The van der Waals surface area contributed by atoms with Crippen molar-refractivity contribution in [3.63, 3.8) is 0 Å². The van der Waals surface area contributed by atoms with Gasteiger partial charge in [-0.25, -0.2) is 0 Å². The second-order valence-electron chi connectivity index (χ2n) is 4.62. The van der Waals surface area contributed by atoms with Crippen LogP contribution in [0.1, 0.15) is 40.0 Å². The number of hydrogen-bond donors (Lipinski definition) is 1. The number of nitrogens with one attached hydrogen (secondary N) is 1. The second-order valence-corrected chi connectivity index (χ2v) is 4.62. The molecular formula is C13H24N2. The van der Waals surface area contributed by atoms with E-state index in [0.29, 0.717) is 18.1 Å². The fourth-order valence-corrected chi connectivity index (χ4v) is 2.61. The van der Waals surface area contributed by atoms with Crippen LogP contribution in [0.3, 0.4) is 0 Å². The summed E-state index contributed by atoms with van der Waals surface area (Å²) in [5.41, 5.74) is 0. The van der Waals surface area contributed by atoms with E-state index in [1.165, 1.54) is 19.4 Å². The highest BCUT2D eigenvalue weighted by molar-refractivity contribution is 4.92. The SMILES string of the molecule is C#CCC(C)N1CCC(NCC)CC1C. The van der Waals surface area contributed by atoms with Crippen molar-refractivity contribution >= 4 is 0 Å². The summed E-state index contributed by atoms with van der Waals surface area (Å²) in [5.74, 6) is 2.76. The Morgan fingerprint density at radius 1 is 1.60 bits per heavy atom. The van der Waals surface area contributed by atoms with Gasteiger partial charge in [0, 0.05) is 31.1 Å². The van der Waals surface area contributed by atoms with Crippen molar-refractivity contribution in [3.8, 4) is 12.3 Å². The molecule has 0 radical (unpaired) electrons. The van der Waals surface area contributed by atoms with E-state index in [4.69, 9.17) is 6.42 Å². The molecular weight excluding hydrogens is 184 g/mol. The molecule has 0 aliphatic carbocycles. The van der Waals surface area contributed by atoms with E-state index in [9.17, 15) is 0 Å². The molecule has 0 aromatic carbocycles. The topological polar surface area (TPSA) is 15.3 Å². The van der Waals surface area contributed by atoms with Gasteiger partial charge in [-0.1, -0.05) is 6.92 Å². The van der Waals surface area contributed by atoms with Crippen molar-refractivity contribution in [1.82, 2.24) is 10.2 Å². The third kappa shape index (κ3) is 3.52. The first-order valence-electron chi connectivity index (χ1n) is 6.11. The second kappa shape index (κ2) is 6.15. The Balaban J connectivity index is 2.42. The van der Waals surface area contributed by atoms with Crippen LogP contribution < -0.4 is 5.32 Å². The highest BCUT2D eigenvalue weighted by atomic mass is 15.2. The summed E-state index contributed by atoms with van der Waals surface area (Å²) in [7, 11) is 0. The molecule has 15 heavy (non-hydrogen) atoms. The first kappa shape index (κ1) is 12.5. The molecule has 2 heteroatoms. The molecule has 1 aliphatic heterocycles. The molecule has 1 aliphatic rings. The third-order valence-corrected chi connectivity index (χ3v) is 3.40. The quantitative estimate of drug-likeness (QED) is 0.709. The lowest BCUT2D eigenvalue weighted by Crippen LogP contribution is -2.50. The molecule has 1 fully saturated rings. The zero-order valence-corrected chi connectivity index (χ0v) is 10.3. The molecule has 0 bridgehead atoms. The number of rotatable bonds is 4. The molecule has 3 unspecified atom stereocenters. The Hall–Kier alpha value is -0.520. The highest BCUT2D eigenvalue weighted by Gasteiger charge is 2.27. The smallest absolute Gasteiger partial charge is 0.0240 e. The number of terminal acetylenes is 1. The molecule has 3 atom stereocenters. The minimum atomic E-state index is 0.535. The van der Waals surface area contributed by atoms with Crippen LogP contribution in [0, 0.1) is 12.3 Å². The van der Waals surface area contributed by atoms with E-state index in [1.54, 1.807) is 0 Å². The molecule has 86 valence electrons. The van der Waals surface area contributed by atoms with Gasteiger partial charge in [0.05, 0.1) is 0 Å². The van der Waals surface area contributed by atoms with Gasteiger partial charge < -0.3 is 5.32 Å². The molecule has 0 aromatic heterocycles. The molecule has 0 spiro atoms. The average molecular weight is 208 g/mol. The first-order valence-corrected chi connectivity index (χ1v) is 6.11. The summed E-state index contributed by atoms with van der Waals surface area (Å²) in [6.45, 7) is 9.00. The zero-order valence-electron chi connectivity index (χ0n) is 10.3. The Morgan fingerprint density at radius 3 is 2.87 bits per heavy atom. The van der Waals surface area contributed by atoms with Gasteiger partial charge in [0.15, 0.2) is 0 Å². The molecule has 0 amide bonds. The molecule has 0 aromatic rings.